The van der Waals surface area contributed by atoms with E-state index in [1.54, 1.807) is 22.9 Å². The van der Waals surface area contributed by atoms with Crippen LogP contribution in [0.25, 0.3) is 11.0 Å². The topological polar surface area (TPSA) is 289 Å². The van der Waals surface area contributed by atoms with Gasteiger partial charge in [-0.3, -0.25) is 4.52 Å². The van der Waals surface area contributed by atoms with Crippen LogP contribution in [0.4, 0.5) is 5.82 Å². The molecule has 270 valence electrons. The number of rotatable bonds is 16. The van der Waals surface area contributed by atoms with Gasteiger partial charge in [-0.25, -0.2) is 23.7 Å². The number of fused-ring (bicyclic) bond motifs is 1. The molecule has 5 atom stereocenters. The maximum Gasteiger partial charge on any atom is 0.490 e. The molecule has 20 nitrogen and oxygen atoms in total. The molecule has 1 fully saturated rings. The number of phosphoric acid groups is 3. The predicted octanol–water partition coefficient (Wildman–Crippen LogP) is 2.26. The van der Waals surface area contributed by atoms with Crippen molar-refractivity contribution < 1.29 is 70.1 Å². The molecule has 1 saturated heterocycles. The maximum absolute atomic E-state index is 12.5. The largest absolute Gasteiger partial charge is 0.496 e. The Hall–Kier alpha value is -2.76. The lowest BCUT2D eigenvalue weighted by atomic mass is 10.2. The number of hydrogen-bond acceptors (Lipinski definition) is 16. The van der Waals surface area contributed by atoms with Crippen molar-refractivity contribution in [2.24, 2.45) is 5.73 Å². The second-order valence-electron chi connectivity index (χ2n) is 9.85. The van der Waals surface area contributed by atoms with E-state index in [1.807, 2.05) is 0 Å². The normalized spacial score (nSPS) is 20.3. The van der Waals surface area contributed by atoms with E-state index in [-0.39, 0.29) is 24.7 Å². The predicted molar refractivity (Wildman–Crippen MR) is 173 cm³/mol. The number of methoxy groups -OCH3 is 3. The van der Waals surface area contributed by atoms with Gasteiger partial charge in [-0.1, -0.05) is 11.8 Å². The first-order valence-electron chi connectivity index (χ1n) is 13.8. The number of benzene rings is 1. The molecule has 2 aromatic heterocycles. The van der Waals surface area contributed by atoms with E-state index in [0.29, 0.717) is 39.6 Å². The van der Waals surface area contributed by atoms with Gasteiger partial charge in [0, 0.05) is 36.1 Å². The van der Waals surface area contributed by atoms with Crippen LogP contribution in [0.3, 0.4) is 0 Å². The van der Waals surface area contributed by atoms with Crippen LogP contribution in [-0.4, -0.2) is 86.7 Å². The quantitative estimate of drug-likeness (QED) is 0.0527. The SMILES string of the molecule is COc1cc(OC)c(CSCO[C@H]2CC(n3cc(C#CCN)c4c(N)ncnc43)O[C@@H]2COP(=O)(O)OP(=O)(O)OP(=O)(O)O)c(OC)c1. The van der Waals surface area contributed by atoms with Crippen LogP contribution < -0.4 is 25.7 Å². The Morgan fingerprint density at radius 2 is 1.73 bits per heavy atom. The second-order valence-corrected chi connectivity index (χ2v) is 15.2. The number of anilines is 1. The standard InChI is InChI=1S/C25H34N5O15P3S/c1-38-16-7-18(39-2)17(19(8-16)40-3)12-49-14-41-20-9-22(30-10-15(5-4-6-26)23-24(27)28-13-29-25(23)30)43-21(20)11-42-47(34,35)45-48(36,37)44-46(31,32)33/h7-8,10,13,20-22H,6,9,11-12,14,26H2,1-3H3,(H,34,35)(H,36,37)(H2,27,28,29)(H2,31,32,33)/t20-,21+,22?/m0/s1. The molecule has 1 aliphatic rings. The Bertz CT molecular complexity index is 1820. The third kappa shape index (κ3) is 10.4. The van der Waals surface area contributed by atoms with Crippen molar-refractivity contribution in [1.82, 2.24) is 14.5 Å². The second kappa shape index (κ2) is 16.5. The first-order chi connectivity index (χ1) is 23.1. The summed E-state index contributed by atoms with van der Waals surface area (Å²) < 4.78 is 77.9. The molecule has 1 aliphatic heterocycles. The van der Waals surface area contributed by atoms with Gasteiger partial charge in [0.05, 0.1) is 57.5 Å². The Labute approximate surface area is 283 Å². The summed E-state index contributed by atoms with van der Waals surface area (Å²) in [4.78, 5) is 45.5. The molecular formula is C25H34N5O15P3S. The molecule has 4 rings (SSSR count). The summed E-state index contributed by atoms with van der Waals surface area (Å²) in [6.45, 7) is -0.670. The average molecular weight is 770 g/mol. The number of thioether (sulfide) groups is 1. The molecule has 3 aromatic rings. The molecule has 8 N–H and O–H groups in total. The van der Waals surface area contributed by atoms with Crippen LogP contribution in [0.1, 0.15) is 23.8 Å². The van der Waals surface area contributed by atoms with E-state index >= 15 is 0 Å². The summed E-state index contributed by atoms with van der Waals surface area (Å²) in [6, 6.07) is 3.41. The number of hydrogen-bond donors (Lipinski definition) is 6. The average Bonchev–Trinajstić information content (AvgIpc) is 3.60. The van der Waals surface area contributed by atoms with Crippen LogP contribution in [0.15, 0.2) is 24.7 Å². The minimum absolute atomic E-state index is 0.0691. The molecule has 0 aliphatic carbocycles. The van der Waals surface area contributed by atoms with Crippen molar-refractivity contribution in [3.63, 3.8) is 0 Å². The van der Waals surface area contributed by atoms with E-state index < -0.39 is 48.5 Å². The first kappa shape index (κ1) is 39.0. The van der Waals surface area contributed by atoms with Crippen molar-refractivity contribution in [1.29, 1.82) is 0 Å². The number of nitrogen functional groups attached to an aromatic ring is 1. The number of aromatic nitrogens is 3. The zero-order chi connectivity index (χ0) is 36.0. The molecule has 24 heteroatoms. The van der Waals surface area contributed by atoms with E-state index in [0.717, 1.165) is 5.56 Å². The molecule has 0 radical (unpaired) electrons. The Morgan fingerprint density at radius 1 is 1.04 bits per heavy atom. The van der Waals surface area contributed by atoms with Crippen LogP contribution in [-0.2, 0) is 42.1 Å². The summed E-state index contributed by atoms with van der Waals surface area (Å²) in [5, 5.41) is 0.444. The van der Waals surface area contributed by atoms with Crippen LogP contribution >= 0.6 is 35.2 Å². The Kier molecular flexibility index (Phi) is 13.1. The third-order valence-corrected chi connectivity index (χ3v) is 11.3. The lowest BCUT2D eigenvalue weighted by Gasteiger charge is -2.21. The van der Waals surface area contributed by atoms with E-state index in [9.17, 15) is 23.5 Å². The van der Waals surface area contributed by atoms with Gasteiger partial charge in [0.25, 0.3) is 0 Å². The van der Waals surface area contributed by atoms with Gasteiger partial charge in [-0.15, -0.1) is 11.8 Å². The molecular weight excluding hydrogens is 735 g/mol. The summed E-state index contributed by atoms with van der Waals surface area (Å²) in [6.07, 6.45) is 0.272. The van der Waals surface area contributed by atoms with Crippen molar-refractivity contribution in [2.45, 2.75) is 30.6 Å². The fourth-order valence-electron chi connectivity index (χ4n) is 4.74. The number of nitrogens with zero attached hydrogens (tertiary/aromatic N) is 3. The zero-order valence-corrected chi connectivity index (χ0v) is 29.6. The monoisotopic (exact) mass is 769 g/mol. The molecule has 49 heavy (non-hydrogen) atoms. The van der Waals surface area contributed by atoms with Gasteiger partial charge >= 0.3 is 23.5 Å². The number of phosphoric ester groups is 1. The molecule has 0 bridgehead atoms. The number of nitrogens with two attached hydrogens (primary N) is 2. The van der Waals surface area contributed by atoms with Crippen LogP contribution in [0.2, 0.25) is 0 Å². The minimum Gasteiger partial charge on any atom is -0.496 e. The Morgan fingerprint density at radius 3 is 2.35 bits per heavy atom. The highest BCUT2D eigenvalue weighted by molar-refractivity contribution is 7.98. The van der Waals surface area contributed by atoms with E-state index in [1.165, 1.54) is 39.4 Å². The van der Waals surface area contributed by atoms with Crippen molar-refractivity contribution in [3.05, 3.63) is 35.8 Å². The molecule has 1 aromatic carbocycles. The lowest BCUT2D eigenvalue weighted by molar-refractivity contribution is -0.0521. The Balaban J connectivity index is 1.55. The lowest BCUT2D eigenvalue weighted by Crippen LogP contribution is -2.29. The van der Waals surface area contributed by atoms with E-state index in [4.69, 9.17) is 49.5 Å². The molecule has 0 amide bonds. The molecule has 0 saturated carbocycles. The summed E-state index contributed by atoms with van der Waals surface area (Å²) in [5.41, 5.74) is 13.2. The van der Waals surface area contributed by atoms with Crippen LogP contribution in [0.5, 0.6) is 17.2 Å². The van der Waals surface area contributed by atoms with Crippen LogP contribution in [0, 0.1) is 11.8 Å². The van der Waals surface area contributed by atoms with Gasteiger partial charge in [0.1, 0.15) is 47.4 Å². The van der Waals surface area contributed by atoms with Gasteiger partial charge in [-0.2, -0.15) is 8.62 Å². The summed E-state index contributed by atoms with van der Waals surface area (Å²) in [7, 11) is -12.2. The first-order valence-corrected chi connectivity index (χ1v) is 19.5. The smallest absolute Gasteiger partial charge is 0.490 e. The zero-order valence-electron chi connectivity index (χ0n) is 26.1. The van der Waals surface area contributed by atoms with Crippen molar-refractivity contribution in [2.75, 3.05) is 46.2 Å². The third-order valence-electron chi connectivity index (χ3n) is 6.70. The summed E-state index contributed by atoms with van der Waals surface area (Å²) in [5.74, 6) is 7.85. The summed E-state index contributed by atoms with van der Waals surface area (Å²) >= 11 is 1.34. The highest BCUT2D eigenvalue weighted by Gasteiger charge is 2.43. The van der Waals surface area contributed by atoms with Gasteiger partial charge in [0.2, 0.25) is 0 Å². The molecule has 3 unspecified atom stereocenters. The molecule has 3 heterocycles. The van der Waals surface area contributed by atoms with Crippen molar-refractivity contribution >= 4 is 52.1 Å². The maximum atomic E-state index is 12.5. The minimum atomic E-state index is -5.74. The fraction of sp³-hybridized carbons (Fsp3) is 0.440. The molecule has 0 spiro atoms. The number of ether oxygens (including phenoxy) is 5. The van der Waals surface area contributed by atoms with Gasteiger partial charge in [0.15, 0.2) is 0 Å². The fourth-order valence-corrected chi connectivity index (χ4v) is 8.61. The van der Waals surface area contributed by atoms with Gasteiger partial charge in [-0.05, 0) is 0 Å². The van der Waals surface area contributed by atoms with Gasteiger partial charge < -0.3 is 59.3 Å². The highest BCUT2D eigenvalue weighted by Crippen LogP contribution is 2.66. The van der Waals surface area contributed by atoms with Crippen molar-refractivity contribution in [3.8, 4) is 29.1 Å². The highest BCUT2D eigenvalue weighted by atomic mass is 32.2. The van der Waals surface area contributed by atoms with E-state index in [2.05, 4.69) is 30.4 Å².